The number of nitrogens with one attached hydrogen (secondary N) is 1. The molecule has 0 aliphatic carbocycles. The first-order chi connectivity index (χ1) is 9.29. The minimum atomic E-state index is -0.961. The summed E-state index contributed by atoms with van der Waals surface area (Å²) in [7, 11) is 0. The van der Waals surface area contributed by atoms with Gasteiger partial charge >= 0.3 is 6.09 Å². The quantitative estimate of drug-likeness (QED) is 0.771. The number of amides is 1. The van der Waals surface area contributed by atoms with Crippen molar-refractivity contribution in [3.8, 4) is 0 Å². The van der Waals surface area contributed by atoms with Crippen molar-refractivity contribution >= 4 is 6.09 Å². The highest BCUT2D eigenvalue weighted by Gasteiger charge is 2.19. The van der Waals surface area contributed by atoms with Crippen LogP contribution in [0.5, 0.6) is 0 Å². The van der Waals surface area contributed by atoms with Crippen LogP contribution in [0.1, 0.15) is 38.9 Å². The van der Waals surface area contributed by atoms with Crippen molar-refractivity contribution in [3.05, 3.63) is 35.9 Å². The van der Waals surface area contributed by atoms with Gasteiger partial charge in [0.2, 0.25) is 0 Å². The Bertz CT molecular complexity index is 414. The van der Waals surface area contributed by atoms with Crippen LogP contribution in [0.3, 0.4) is 0 Å². The molecule has 1 aromatic rings. The van der Waals surface area contributed by atoms with Gasteiger partial charge in [0.25, 0.3) is 0 Å². The van der Waals surface area contributed by atoms with Crippen LogP contribution in [-0.4, -0.2) is 34.6 Å². The number of ether oxygens (including phenoxy) is 1. The van der Waals surface area contributed by atoms with E-state index in [1.54, 1.807) is 45.0 Å². The second kappa shape index (κ2) is 7.26. The van der Waals surface area contributed by atoms with Crippen LogP contribution in [0.15, 0.2) is 30.3 Å². The summed E-state index contributed by atoms with van der Waals surface area (Å²) in [6.07, 6.45) is -2.18. The molecule has 0 heterocycles. The van der Waals surface area contributed by atoms with Crippen molar-refractivity contribution < 1.29 is 19.7 Å². The number of carbonyl (C=O) groups is 1. The summed E-state index contributed by atoms with van der Waals surface area (Å²) in [4.78, 5) is 11.4. The zero-order valence-corrected chi connectivity index (χ0v) is 12.2. The van der Waals surface area contributed by atoms with Crippen molar-refractivity contribution in [2.75, 3.05) is 6.54 Å². The molecule has 0 aromatic heterocycles. The molecule has 1 aromatic carbocycles. The molecule has 0 bridgehead atoms. The molecule has 0 aliphatic rings. The van der Waals surface area contributed by atoms with Crippen LogP contribution in [0, 0.1) is 0 Å². The molecule has 0 aliphatic heterocycles. The van der Waals surface area contributed by atoms with Crippen LogP contribution in [0.25, 0.3) is 0 Å². The van der Waals surface area contributed by atoms with Crippen LogP contribution >= 0.6 is 0 Å². The van der Waals surface area contributed by atoms with Crippen molar-refractivity contribution in [2.24, 2.45) is 0 Å². The van der Waals surface area contributed by atoms with Gasteiger partial charge in [-0.1, -0.05) is 30.3 Å². The van der Waals surface area contributed by atoms with E-state index in [2.05, 4.69) is 5.32 Å². The van der Waals surface area contributed by atoms with Gasteiger partial charge in [-0.25, -0.2) is 4.79 Å². The minimum absolute atomic E-state index is 0.236. The summed E-state index contributed by atoms with van der Waals surface area (Å²) in [6.45, 7) is 5.57. The molecule has 112 valence electrons. The first kappa shape index (κ1) is 16.5. The molecule has 2 unspecified atom stereocenters. The Labute approximate surface area is 119 Å². The van der Waals surface area contributed by atoms with Crippen LogP contribution in [0.2, 0.25) is 0 Å². The van der Waals surface area contributed by atoms with Crippen molar-refractivity contribution in [1.82, 2.24) is 5.32 Å². The highest BCUT2D eigenvalue weighted by atomic mass is 16.6. The van der Waals surface area contributed by atoms with Crippen LogP contribution in [0.4, 0.5) is 4.79 Å². The Kier molecular flexibility index (Phi) is 5.98. The number of aliphatic hydroxyl groups is 2. The molecule has 1 amide bonds. The SMILES string of the molecule is CC(C)(C)OC(=O)NCCC(O)C(O)c1ccccc1. The minimum Gasteiger partial charge on any atom is -0.444 e. The van der Waals surface area contributed by atoms with Crippen LogP contribution < -0.4 is 5.32 Å². The predicted molar refractivity (Wildman–Crippen MR) is 76.3 cm³/mol. The largest absolute Gasteiger partial charge is 0.444 e. The topological polar surface area (TPSA) is 78.8 Å². The lowest BCUT2D eigenvalue weighted by Gasteiger charge is -2.21. The number of aliphatic hydroxyl groups excluding tert-OH is 2. The van der Waals surface area contributed by atoms with Gasteiger partial charge in [-0.2, -0.15) is 0 Å². The Balaban J connectivity index is 2.33. The van der Waals surface area contributed by atoms with E-state index in [4.69, 9.17) is 4.74 Å². The Morgan fingerprint density at radius 2 is 1.85 bits per heavy atom. The van der Waals surface area contributed by atoms with E-state index in [0.717, 1.165) is 0 Å². The Morgan fingerprint density at radius 1 is 1.25 bits per heavy atom. The smallest absolute Gasteiger partial charge is 0.407 e. The summed E-state index contributed by atoms with van der Waals surface area (Å²) in [6, 6.07) is 8.92. The number of hydrogen-bond donors (Lipinski definition) is 3. The van der Waals surface area contributed by atoms with E-state index < -0.39 is 23.9 Å². The van der Waals surface area contributed by atoms with Gasteiger partial charge in [0.15, 0.2) is 0 Å². The first-order valence-electron chi connectivity index (χ1n) is 6.67. The molecule has 0 radical (unpaired) electrons. The van der Waals surface area contributed by atoms with E-state index in [-0.39, 0.29) is 13.0 Å². The zero-order valence-electron chi connectivity index (χ0n) is 12.2. The number of carbonyl (C=O) groups excluding carboxylic acids is 1. The highest BCUT2D eigenvalue weighted by molar-refractivity contribution is 5.67. The molecular weight excluding hydrogens is 258 g/mol. The lowest BCUT2D eigenvalue weighted by atomic mass is 10.0. The normalized spacial score (nSPS) is 14.4. The molecular formula is C15H23NO4. The van der Waals surface area contributed by atoms with Crippen LogP contribution in [-0.2, 0) is 4.74 Å². The third kappa shape index (κ3) is 6.04. The van der Waals surface area contributed by atoms with E-state index in [1.807, 2.05) is 6.07 Å². The lowest BCUT2D eigenvalue weighted by Crippen LogP contribution is -2.34. The van der Waals surface area contributed by atoms with Gasteiger partial charge in [0, 0.05) is 6.54 Å². The van der Waals surface area contributed by atoms with Gasteiger partial charge in [-0.3, -0.25) is 0 Å². The van der Waals surface area contributed by atoms with Crippen molar-refractivity contribution in [1.29, 1.82) is 0 Å². The number of rotatable bonds is 5. The standard InChI is InChI=1S/C15H23NO4/c1-15(2,3)20-14(19)16-10-9-12(17)13(18)11-7-5-4-6-8-11/h4-8,12-13,17-18H,9-10H2,1-3H3,(H,16,19). The fourth-order valence-corrected chi connectivity index (χ4v) is 1.67. The third-order valence-corrected chi connectivity index (χ3v) is 2.61. The molecule has 3 N–H and O–H groups in total. The first-order valence-corrected chi connectivity index (χ1v) is 6.67. The third-order valence-electron chi connectivity index (χ3n) is 2.61. The average Bonchev–Trinajstić information content (AvgIpc) is 2.36. The van der Waals surface area contributed by atoms with Crippen molar-refractivity contribution in [2.45, 2.75) is 45.0 Å². The molecule has 5 nitrogen and oxygen atoms in total. The summed E-state index contributed by atoms with van der Waals surface area (Å²) >= 11 is 0. The van der Waals surface area contributed by atoms with Gasteiger partial charge in [0.05, 0.1) is 6.10 Å². The lowest BCUT2D eigenvalue weighted by molar-refractivity contribution is 0.0123. The molecule has 5 heteroatoms. The second-order valence-electron chi connectivity index (χ2n) is 5.64. The Morgan fingerprint density at radius 3 is 2.40 bits per heavy atom. The van der Waals surface area contributed by atoms with E-state index in [0.29, 0.717) is 5.56 Å². The molecule has 20 heavy (non-hydrogen) atoms. The molecule has 0 saturated heterocycles. The summed E-state index contributed by atoms with van der Waals surface area (Å²) < 4.78 is 5.07. The second-order valence-corrected chi connectivity index (χ2v) is 5.64. The fourth-order valence-electron chi connectivity index (χ4n) is 1.67. The average molecular weight is 281 g/mol. The number of benzene rings is 1. The number of hydrogen-bond acceptors (Lipinski definition) is 4. The fraction of sp³-hybridized carbons (Fsp3) is 0.533. The zero-order chi connectivity index (χ0) is 15.2. The molecule has 2 atom stereocenters. The van der Waals surface area contributed by atoms with Gasteiger partial charge in [-0.15, -0.1) is 0 Å². The molecule has 0 fully saturated rings. The van der Waals surface area contributed by atoms with E-state index in [1.165, 1.54) is 0 Å². The van der Waals surface area contributed by atoms with E-state index in [9.17, 15) is 15.0 Å². The number of alkyl carbamates (subject to hydrolysis) is 1. The maximum atomic E-state index is 11.4. The molecule has 0 saturated carbocycles. The summed E-state index contributed by atoms with van der Waals surface area (Å²) in [5.41, 5.74) is 0.101. The van der Waals surface area contributed by atoms with Gasteiger partial charge in [-0.05, 0) is 32.8 Å². The van der Waals surface area contributed by atoms with E-state index >= 15 is 0 Å². The maximum Gasteiger partial charge on any atom is 0.407 e. The predicted octanol–water partition coefficient (Wildman–Crippen LogP) is 2.00. The van der Waals surface area contributed by atoms with Gasteiger partial charge in [0.1, 0.15) is 11.7 Å². The maximum absolute atomic E-state index is 11.4. The summed E-state index contributed by atoms with van der Waals surface area (Å²) in [5.74, 6) is 0. The van der Waals surface area contributed by atoms with Gasteiger partial charge < -0.3 is 20.3 Å². The highest BCUT2D eigenvalue weighted by Crippen LogP contribution is 2.18. The molecule has 0 spiro atoms. The molecule has 1 rings (SSSR count). The Hall–Kier alpha value is -1.59. The van der Waals surface area contributed by atoms with Crippen molar-refractivity contribution in [3.63, 3.8) is 0 Å². The monoisotopic (exact) mass is 281 g/mol. The summed E-state index contributed by atoms with van der Waals surface area (Å²) in [5, 5.41) is 22.4.